The molecule has 0 bridgehead atoms. The van der Waals surface area contributed by atoms with Gasteiger partial charge in [0.25, 0.3) is 5.91 Å². The Morgan fingerprint density at radius 3 is 2.85 bits per heavy atom. The molecule has 1 aromatic heterocycles. The minimum atomic E-state index is -0.593. The lowest BCUT2D eigenvalue weighted by Gasteiger charge is -2.35. The molecule has 8 heteroatoms. The van der Waals surface area contributed by atoms with E-state index < -0.39 is 17.9 Å². The number of aromatic amines is 1. The highest BCUT2D eigenvalue weighted by Crippen LogP contribution is 2.38. The number of fused-ring (bicyclic) bond motifs is 2. The van der Waals surface area contributed by atoms with Crippen LogP contribution < -0.4 is 11.2 Å². The SMILES string of the molecule is NC(=O)[C@H](Cc1c[nH]c2ccccc12)N(CCO)C1CCc2cc(C=CC(=O)NO)ccc21. The molecule has 0 aliphatic heterocycles. The molecular weight excluding hydrogens is 420 g/mol. The predicted octanol–water partition coefficient (Wildman–Crippen LogP) is 2.06. The van der Waals surface area contributed by atoms with E-state index in [2.05, 4.69) is 4.98 Å². The number of nitrogens with zero attached hydrogens (tertiary/aromatic N) is 1. The summed E-state index contributed by atoms with van der Waals surface area (Å²) in [5.41, 5.74) is 12.5. The van der Waals surface area contributed by atoms with Crippen LogP contribution in [0, 0.1) is 0 Å². The highest BCUT2D eigenvalue weighted by molar-refractivity contribution is 5.90. The number of H-pyrrole nitrogens is 1. The molecule has 0 saturated carbocycles. The topological polar surface area (TPSA) is 132 Å². The van der Waals surface area contributed by atoms with Crippen LogP contribution in [0.4, 0.5) is 0 Å². The van der Waals surface area contributed by atoms with Crippen LogP contribution in [0.3, 0.4) is 0 Å². The van der Waals surface area contributed by atoms with Gasteiger partial charge in [-0.3, -0.25) is 19.7 Å². The Balaban J connectivity index is 1.62. The van der Waals surface area contributed by atoms with E-state index in [1.807, 2.05) is 53.6 Å². The Kier molecular flexibility index (Phi) is 6.88. The third-order valence-electron chi connectivity index (χ3n) is 6.33. The lowest BCUT2D eigenvalue weighted by atomic mass is 9.98. The van der Waals surface area contributed by atoms with Gasteiger partial charge in [-0.05, 0) is 53.7 Å². The van der Waals surface area contributed by atoms with Gasteiger partial charge in [0.2, 0.25) is 5.91 Å². The van der Waals surface area contributed by atoms with Crippen LogP contribution in [0.15, 0.2) is 54.7 Å². The molecule has 2 atom stereocenters. The summed E-state index contributed by atoms with van der Waals surface area (Å²) < 4.78 is 0. The number of hydroxylamine groups is 1. The number of aliphatic hydroxyl groups is 1. The van der Waals surface area contributed by atoms with E-state index in [4.69, 9.17) is 10.9 Å². The van der Waals surface area contributed by atoms with Gasteiger partial charge in [0.05, 0.1) is 12.6 Å². The van der Waals surface area contributed by atoms with E-state index in [9.17, 15) is 14.7 Å². The molecule has 1 unspecified atom stereocenters. The van der Waals surface area contributed by atoms with Gasteiger partial charge in [0.15, 0.2) is 0 Å². The number of nitrogens with one attached hydrogen (secondary N) is 2. The van der Waals surface area contributed by atoms with E-state index in [-0.39, 0.29) is 12.6 Å². The fraction of sp³-hybridized carbons (Fsp3) is 0.280. The minimum Gasteiger partial charge on any atom is -0.395 e. The number of carbonyl (C=O) groups is 2. The molecule has 4 rings (SSSR count). The zero-order valence-electron chi connectivity index (χ0n) is 18.2. The highest BCUT2D eigenvalue weighted by Gasteiger charge is 2.35. The van der Waals surface area contributed by atoms with Crippen LogP contribution in [-0.4, -0.2) is 51.2 Å². The van der Waals surface area contributed by atoms with Gasteiger partial charge in [0, 0.05) is 35.8 Å². The van der Waals surface area contributed by atoms with Crippen LogP contribution in [0.2, 0.25) is 0 Å². The summed E-state index contributed by atoms with van der Waals surface area (Å²) in [6.07, 6.45) is 6.87. The second kappa shape index (κ2) is 9.99. The highest BCUT2D eigenvalue weighted by atomic mass is 16.5. The molecule has 1 aliphatic rings. The van der Waals surface area contributed by atoms with Gasteiger partial charge in [-0.2, -0.15) is 0 Å². The predicted molar refractivity (Wildman–Crippen MR) is 125 cm³/mol. The molecule has 33 heavy (non-hydrogen) atoms. The third-order valence-corrected chi connectivity index (χ3v) is 6.33. The lowest BCUT2D eigenvalue weighted by molar-refractivity contribution is -0.125. The first-order valence-electron chi connectivity index (χ1n) is 11.0. The van der Waals surface area contributed by atoms with Gasteiger partial charge in [-0.25, -0.2) is 5.48 Å². The van der Waals surface area contributed by atoms with Gasteiger partial charge in [-0.15, -0.1) is 0 Å². The summed E-state index contributed by atoms with van der Waals surface area (Å²) in [6, 6.07) is 13.2. The van der Waals surface area contributed by atoms with Crippen molar-refractivity contribution in [2.75, 3.05) is 13.2 Å². The Bertz CT molecular complexity index is 1190. The maximum Gasteiger partial charge on any atom is 0.267 e. The number of primary amides is 1. The number of aryl methyl sites for hydroxylation is 1. The van der Waals surface area contributed by atoms with Crippen LogP contribution in [0.25, 0.3) is 17.0 Å². The van der Waals surface area contributed by atoms with Crippen molar-refractivity contribution in [2.24, 2.45) is 5.73 Å². The normalized spacial score (nSPS) is 16.4. The van der Waals surface area contributed by atoms with Crippen molar-refractivity contribution in [2.45, 2.75) is 31.3 Å². The van der Waals surface area contributed by atoms with Gasteiger partial charge in [-0.1, -0.05) is 36.4 Å². The summed E-state index contributed by atoms with van der Waals surface area (Å²) in [6.45, 7) is 0.249. The zero-order chi connectivity index (χ0) is 23.4. The Labute approximate surface area is 191 Å². The monoisotopic (exact) mass is 448 g/mol. The quantitative estimate of drug-likeness (QED) is 0.194. The molecule has 0 radical (unpaired) electrons. The second-order valence-electron chi connectivity index (χ2n) is 8.27. The number of hydrogen-bond acceptors (Lipinski definition) is 5. The Hall–Kier alpha value is -3.46. The van der Waals surface area contributed by atoms with Crippen molar-refractivity contribution in [3.63, 3.8) is 0 Å². The molecule has 0 spiro atoms. The van der Waals surface area contributed by atoms with Crippen molar-refractivity contribution < 1.29 is 19.9 Å². The number of nitrogens with two attached hydrogens (primary N) is 1. The van der Waals surface area contributed by atoms with Gasteiger partial charge in [0.1, 0.15) is 0 Å². The van der Waals surface area contributed by atoms with Gasteiger partial charge >= 0.3 is 0 Å². The van der Waals surface area contributed by atoms with Crippen molar-refractivity contribution >= 4 is 28.8 Å². The first-order valence-corrected chi connectivity index (χ1v) is 11.0. The van der Waals surface area contributed by atoms with Crippen molar-refractivity contribution in [1.82, 2.24) is 15.4 Å². The molecule has 0 fully saturated rings. The van der Waals surface area contributed by atoms with Crippen molar-refractivity contribution in [1.29, 1.82) is 0 Å². The molecule has 6 N–H and O–H groups in total. The van der Waals surface area contributed by atoms with Crippen LogP contribution in [-0.2, 0) is 22.4 Å². The van der Waals surface area contributed by atoms with Gasteiger partial charge < -0.3 is 15.8 Å². The van der Waals surface area contributed by atoms with Crippen molar-refractivity contribution in [3.8, 4) is 0 Å². The second-order valence-corrected chi connectivity index (χ2v) is 8.27. The molecule has 172 valence electrons. The average molecular weight is 449 g/mol. The fourth-order valence-electron chi connectivity index (χ4n) is 4.81. The van der Waals surface area contributed by atoms with E-state index in [1.54, 1.807) is 11.6 Å². The summed E-state index contributed by atoms with van der Waals surface area (Å²) in [5.74, 6) is -1.01. The number of para-hydroxylation sites is 1. The first-order chi connectivity index (χ1) is 16.0. The minimum absolute atomic E-state index is 0.0476. The third kappa shape index (κ3) is 4.83. The number of rotatable bonds is 9. The Morgan fingerprint density at radius 2 is 2.09 bits per heavy atom. The summed E-state index contributed by atoms with van der Waals surface area (Å²) >= 11 is 0. The van der Waals surface area contributed by atoms with Crippen molar-refractivity contribution in [3.05, 3.63) is 77.0 Å². The molecule has 8 nitrogen and oxygen atoms in total. The molecular formula is C25H28N4O4. The molecule has 2 amide bonds. The summed E-state index contributed by atoms with van der Waals surface area (Å²) in [5, 5.41) is 19.5. The maximum absolute atomic E-state index is 12.6. The number of benzene rings is 2. The number of hydrogen-bond donors (Lipinski definition) is 5. The van der Waals surface area contributed by atoms with Crippen LogP contribution in [0.5, 0.6) is 0 Å². The maximum atomic E-state index is 12.6. The number of amides is 2. The smallest absolute Gasteiger partial charge is 0.267 e. The van der Waals surface area contributed by atoms with E-state index in [0.29, 0.717) is 13.0 Å². The average Bonchev–Trinajstić information content (AvgIpc) is 3.43. The molecule has 0 saturated heterocycles. The molecule has 3 aromatic rings. The summed E-state index contributed by atoms with van der Waals surface area (Å²) in [7, 11) is 0. The van der Waals surface area contributed by atoms with E-state index in [0.717, 1.165) is 46.0 Å². The number of carbonyl (C=O) groups excluding carboxylic acids is 2. The van der Waals surface area contributed by atoms with Crippen LogP contribution in [0.1, 0.15) is 34.7 Å². The lowest BCUT2D eigenvalue weighted by Crippen LogP contribution is -2.48. The number of aromatic nitrogens is 1. The fourth-order valence-corrected chi connectivity index (χ4v) is 4.81. The van der Waals surface area contributed by atoms with E-state index in [1.165, 1.54) is 6.08 Å². The summed E-state index contributed by atoms with van der Waals surface area (Å²) in [4.78, 5) is 29.1. The Morgan fingerprint density at radius 1 is 1.27 bits per heavy atom. The standard InChI is InChI=1S/C25H28N4O4/c26-25(32)23(14-18-15-27-21-4-2-1-3-19(18)21)29(11-12-30)22-9-7-17-13-16(5-8-20(17)22)6-10-24(31)28-33/h1-6,8,10,13,15,22-23,27,30,33H,7,9,11-12,14H2,(H2,26,32)(H,28,31)/t22?,23-/m0/s1. The van der Waals surface area contributed by atoms with E-state index >= 15 is 0 Å². The first kappa shape index (κ1) is 22.7. The number of aliphatic hydroxyl groups excluding tert-OH is 1. The zero-order valence-corrected chi connectivity index (χ0v) is 18.2. The largest absolute Gasteiger partial charge is 0.395 e. The van der Waals surface area contributed by atoms with Crippen LogP contribution >= 0.6 is 0 Å². The molecule has 1 aliphatic carbocycles. The molecule has 1 heterocycles. The molecule has 2 aromatic carbocycles.